The summed E-state index contributed by atoms with van der Waals surface area (Å²) in [6, 6.07) is 3.26. The van der Waals surface area contributed by atoms with Gasteiger partial charge in [0.15, 0.2) is 0 Å². The van der Waals surface area contributed by atoms with E-state index in [2.05, 4.69) is 4.99 Å². The fraction of sp³-hybridized carbons (Fsp3) is 0.300. The first-order valence-electron chi connectivity index (χ1n) is 4.78. The summed E-state index contributed by atoms with van der Waals surface area (Å²) in [6.45, 7) is 3.52. The third kappa shape index (κ3) is 3.42. The van der Waals surface area contributed by atoms with Crippen LogP contribution in [0.15, 0.2) is 22.0 Å². The van der Waals surface area contributed by atoms with Crippen molar-refractivity contribution in [2.24, 2.45) is 15.9 Å². The summed E-state index contributed by atoms with van der Waals surface area (Å²) in [5.74, 6) is 0.167. The summed E-state index contributed by atoms with van der Waals surface area (Å²) in [6.07, 6.45) is 0. The molecule has 0 fully saturated rings. The van der Waals surface area contributed by atoms with E-state index in [-0.39, 0.29) is 22.3 Å². The Balaban J connectivity index is 3.58. The molecule has 0 atom stereocenters. The van der Waals surface area contributed by atoms with Crippen LogP contribution in [-0.2, 0) is 10.0 Å². The van der Waals surface area contributed by atoms with E-state index in [1.54, 1.807) is 19.9 Å². The Bertz CT molecular complexity index is 567. The maximum Gasteiger partial charge on any atom is 0.240 e. The minimum Gasteiger partial charge on any atom is -0.386 e. The molecule has 0 aliphatic rings. The number of nitrogens with zero attached hydrogens (tertiary/aromatic N) is 1. The molecule has 0 saturated carbocycles. The third-order valence-electron chi connectivity index (χ3n) is 2.11. The average Bonchev–Trinajstić information content (AvgIpc) is 2.19. The SMILES string of the molecule is Cc1cc(C)c(N=C(N)CCl)c(S(N)(=O)=O)c1. The average molecular weight is 276 g/mol. The molecule has 5 nitrogen and oxygen atoms in total. The second-order valence-corrected chi connectivity index (χ2v) is 5.51. The second-order valence-electron chi connectivity index (χ2n) is 3.71. The molecule has 94 valence electrons. The third-order valence-corrected chi connectivity index (χ3v) is 3.31. The number of alkyl halides is 1. The smallest absolute Gasteiger partial charge is 0.240 e. The van der Waals surface area contributed by atoms with E-state index in [0.29, 0.717) is 5.56 Å². The number of halogens is 1. The van der Waals surface area contributed by atoms with E-state index >= 15 is 0 Å². The number of benzene rings is 1. The lowest BCUT2D eigenvalue weighted by Gasteiger charge is -2.09. The molecule has 0 aliphatic heterocycles. The topological polar surface area (TPSA) is 98.5 Å². The van der Waals surface area contributed by atoms with Gasteiger partial charge >= 0.3 is 0 Å². The number of hydrogen-bond donors (Lipinski definition) is 2. The summed E-state index contributed by atoms with van der Waals surface area (Å²) < 4.78 is 22.9. The molecule has 0 radical (unpaired) electrons. The minimum absolute atomic E-state index is 0.0252. The molecule has 1 aromatic carbocycles. The molecular weight excluding hydrogens is 262 g/mol. The van der Waals surface area contributed by atoms with Crippen molar-refractivity contribution in [2.45, 2.75) is 18.7 Å². The molecular formula is C10H14ClN3O2S. The van der Waals surface area contributed by atoms with Crippen molar-refractivity contribution < 1.29 is 8.42 Å². The van der Waals surface area contributed by atoms with Crippen LogP contribution >= 0.6 is 11.6 Å². The van der Waals surface area contributed by atoms with Crippen molar-refractivity contribution in [1.82, 2.24) is 0 Å². The molecule has 0 amide bonds. The van der Waals surface area contributed by atoms with Gasteiger partial charge in [0.2, 0.25) is 10.0 Å². The quantitative estimate of drug-likeness (QED) is 0.492. The zero-order valence-corrected chi connectivity index (χ0v) is 11.1. The van der Waals surface area contributed by atoms with Gasteiger partial charge in [-0.3, -0.25) is 0 Å². The Labute approximate surface area is 106 Å². The lowest BCUT2D eigenvalue weighted by molar-refractivity contribution is 0.598. The largest absolute Gasteiger partial charge is 0.386 e. The molecule has 0 unspecified atom stereocenters. The van der Waals surface area contributed by atoms with Gasteiger partial charge in [-0.1, -0.05) is 6.07 Å². The molecule has 1 aromatic rings. The van der Waals surface area contributed by atoms with Crippen molar-refractivity contribution in [2.75, 3.05) is 5.88 Å². The highest BCUT2D eigenvalue weighted by Crippen LogP contribution is 2.28. The van der Waals surface area contributed by atoms with Gasteiger partial charge in [0, 0.05) is 0 Å². The highest BCUT2D eigenvalue weighted by molar-refractivity contribution is 7.89. The standard InChI is InChI=1S/C10H14ClN3O2S/c1-6-3-7(2)10(14-9(12)5-11)8(4-6)17(13,15)16/h3-4H,5H2,1-2H3,(H2,12,14)(H2,13,15,16). The Hall–Kier alpha value is -1.11. The van der Waals surface area contributed by atoms with Gasteiger partial charge in [-0.25, -0.2) is 18.5 Å². The van der Waals surface area contributed by atoms with E-state index < -0.39 is 10.0 Å². The maximum atomic E-state index is 11.5. The van der Waals surface area contributed by atoms with Crippen molar-refractivity contribution >= 4 is 33.1 Å². The molecule has 0 heterocycles. The number of amidine groups is 1. The van der Waals surface area contributed by atoms with Crippen molar-refractivity contribution in [3.05, 3.63) is 23.3 Å². The second kappa shape index (κ2) is 5.03. The van der Waals surface area contributed by atoms with Crippen LogP contribution in [0, 0.1) is 13.8 Å². The maximum absolute atomic E-state index is 11.5. The highest BCUT2D eigenvalue weighted by atomic mass is 35.5. The number of primary sulfonamides is 1. The van der Waals surface area contributed by atoms with Crippen LogP contribution in [0.5, 0.6) is 0 Å². The molecule has 0 saturated heterocycles. The van der Waals surface area contributed by atoms with Gasteiger partial charge in [0.25, 0.3) is 0 Å². The molecule has 0 aromatic heterocycles. The normalized spacial score (nSPS) is 12.8. The zero-order valence-electron chi connectivity index (χ0n) is 9.57. The van der Waals surface area contributed by atoms with Gasteiger partial charge in [-0.2, -0.15) is 0 Å². The summed E-state index contributed by atoms with van der Waals surface area (Å²) in [4.78, 5) is 3.95. The number of rotatable bonds is 3. The number of aryl methyl sites for hydroxylation is 2. The first kappa shape index (κ1) is 14.0. The summed E-state index contributed by atoms with van der Waals surface area (Å²) in [5, 5.41) is 5.14. The van der Waals surface area contributed by atoms with E-state index in [9.17, 15) is 8.42 Å². The van der Waals surface area contributed by atoms with Gasteiger partial charge < -0.3 is 5.73 Å². The summed E-state index contributed by atoms with van der Waals surface area (Å²) in [7, 11) is -3.84. The number of aliphatic imine (C=N–C) groups is 1. The van der Waals surface area contributed by atoms with Crippen molar-refractivity contribution in [3.8, 4) is 0 Å². The molecule has 7 heteroatoms. The number of nitrogens with two attached hydrogens (primary N) is 2. The molecule has 0 aliphatic carbocycles. The van der Waals surface area contributed by atoms with E-state index in [1.807, 2.05) is 0 Å². The lowest BCUT2D eigenvalue weighted by atomic mass is 10.1. The van der Waals surface area contributed by atoms with Crippen LogP contribution in [0.2, 0.25) is 0 Å². The Morgan fingerprint density at radius 1 is 1.41 bits per heavy atom. The fourth-order valence-electron chi connectivity index (χ4n) is 1.45. The molecule has 4 N–H and O–H groups in total. The molecule has 0 spiro atoms. The van der Waals surface area contributed by atoms with E-state index in [4.69, 9.17) is 22.5 Å². The number of hydrogen-bond acceptors (Lipinski definition) is 3. The van der Waals surface area contributed by atoms with E-state index in [1.165, 1.54) is 6.07 Å². The summed E-state index contributed by atoms with van der Waals surface area (Å²) >= 11 is 5.52. The predicted molar refractivity (Wildman–Crippen MR) is 69.3 cm³/mol. The monoisotopic (exact) mass is 275 g/mol. The molecule has 17 heavy (non-hydrogen) atoms. The van der Waals surface area contributed by atoms with Crippen molar-refractivity contribution in [1.29, 1.82) is 0 Å². The molecule has 1 rings (SSSR count). The predicted octanol–water partition coefficient (Wildman–Crippen LogP) is 1.18. The zero-order chi connectivity index (χ0) is 13.2. The van der Waals surface area contributed by atoms with Crippen LogP contribution in [-0.4, -0.2) is 20.1 Å². The van der Waals surface area contributed by atoms with Gasteiger partial charge in [-0.15, -0.1) is 11.6 Å². The first-order valence-corrected chi connectivity index (χ1v) is 6.87. The molecule has 0 bridgehead atoms. The van der Waals surface area contributed by atoms with E-state index in [0.717, 1.165) is 5.56 Å². The van der Waals surface area contributed by atoms with Gasteiger partial charge in [-0.05, 0) is 31.0 Å². The van der Waals surface area contributed by atoms with Gasteiger partial charge in [0.1, 0.15) is 10.7 Å². The lowest BCUT2D eigenvalue weighted by Crippen LogP contribution is -2.16. The Kier molecular flexibility index (Phi) is 4.13. The van der Waals surface area contributed by atoms with Crippen LogP contribution in [0.4, 0.5) is 5.69 Å². The van der Waals surface area contributed by atoms with Gasteiger partial charge in [0.05, 0.1) is 11.6 Å². The van der Waals surface area contributed by atoms with Crippen LogP contribution < -0.4 is 10.9 Å². The summed E-state index contributed by atoms with van der Waals surface area (Å²) in [5.41, 5.74) is 7.22. The number of sulfonamides is 1. The Morgan fingerprint density at radius 2 is 2.00 bits per heavy atom. The van der Waals surface area contributed by atoms with Crippen LogP contribution in [0.3, 0.4) is 0 Å². The highest BCUT2D eigenvalue weighted by Gasteiger charge is 2.16. The Morgan fingerprint density at radius 3 is 2.47 bits per heavy atom. The van der Waals surface area contributed by atoms with Crippen LogP contribution in [0.25, 0.3) is 0 Å². The van der Waals surface area contributed by atoms with Crippen LogP contribution in [0.1, 0.15) is 11.1 Å². The first-order chi connectivity index (χ1) is 7.75. The fourth-order valence-corrected chi connectivity index (χ4v) is 2.34. The minimum atomic E-state index is -3.84. The van der Waals surface area contributed by atoms with Crippen molar-refractivity contribution in [3.63, 3.8) is 0 Å².